The molecule has 6 nitrogen and oxygen atoms in total. The smallest absolute Gasteiger partial charge is 0.258 e. The molecule has 0 bridgehead atoms. The van der Waals surface area contributed by atoms with Gasteiger partial charge in [0.1, 0.15) is 5.82 Å². The predicted octanol–water partition coefficient (Wildman–Crippen LogP) is 3.43. The lowest BCUT2D eigenvalue weighted by atomic mass is 10.1. The zero-order chi connectivity index (χ0) is 19.6. The number of aromatic nitrogens is 1. The Morgan fingerprint density at radius 1 is 1.11 bits per heavy atom. The van der Waals surface area contributed by atoms with Gasteiger partial charge in [0, 0.05) is 23.8 Å². The van der Waals surface area contributed by atoms with Crippen molar-refractivity contribution in [1.29, 1.82) is 0 Å². The number of nitrogens with zero attached hydrogens (tertiary/aromatic N) is 1. The van der Waals surface area contributed by atoms with Crippen LogP contribution in [0.3, 0.4) is 0 Å². The number of nitrogens with one attached hydrogen (secondary N) is 1. The quantitative estimate of drug-likeness (QED) is 0.747. The van der Waals surface area contributed by atoms with E-state index in [0.29, 0.717) is 34.5 Å². The van der Waals surface area contributed by atoms with Crippen LogP contribution in [0.2, 0.25) is 0 Å². The maximum Gasteiger partial charge on any atom is 0.258 e. The first-order valence-electron chi connectivity index (χ1n) is 8.34. The first-order chi connectivity index (χ1) is 13.0. The summed E-state index contributed by atoms with van der Waals surface area (Å²) >= 11 is 0. The van der Waals surface area contributed by atoms with Crippen molar-refractivity contribution in [2.45, 2.75) is 13.5 Å². The third-order valence-corrected chi connectivity index (χ3v) is 4.26. The van der Waals surface area contributed by atoms with Crippen LogP contribution in [0.4, 0.5) is 10.1 Å². The molecule has 0 spiro atoms. The average Bonchev–Trinajstić information content (AvgIpc) is 2.67. The second-order valence-electron chi connectivity index (χ2n) is 5.85. The summed E-state index contributed by atoms with van der Waals surface area (Å²) in [5.74, 6) is -0.117. The number of methoxy groups -OCH3 is 2. The highest BCUT2D eigenvalue weighted by Gasteiger charge is 2.18. The summed E-state index contributed by atoms with van der Waals surface area (Å²) in [6, 6.07) is 8.75. The molecule has 2 aromatic carbocycles. The molecule has 1 heterocycles. The molecular formula is C20H19FN2O4. The molecule has 0 saturated heterocycles. The minimum absolute atomic E-state index is 0.240. The van der Waals surface area contributed by atoms with Crippen molar-refractivity contribution >= 4 is 22.4 Å². The van der Waals surface area contributed by atoms with E-state index in [2.05, 4.69) is 5.32 Å². The predicted molar refractivity (Wildman–Crippen MR) is 101 cm³/mol. The van der Waals surface area contributed by atoms with Gasteiger partial charge < -0.3 is 19.4 Å². The summed E-state index contributed by atoms with van der Waals surface area (Å²) in [5, 5.41) is 3.42. The summed E-state index contributed by atoms with van der Waals surface area (Å²) in [7, 11) is 2.95. The molecule has 0 fully saturated rings. The normalized spacial score (nSPS) is 10.7. The lowest BCUT2D eigenvalue weighted by Crippen LogP contribution is -2.23. The molecule has 0 aliphatic heterocycles. The number of pyridine rings is 1. The summed E-state index contributed by atoms with van der Waals surface area (Å²) in [4.78, 5) is 25.5. The van der Waals surface area contributed by atoms with E-state index in [1.807, 2.05) is 6.92 Å². The summed E-state index contributed by atoms with van der Waals surface area (Å²) in [5.41, 5.74) is 0.357. The van der Waals surface area contributed by atoms with Crippen molar-refractivity contribution in [3.8, 4) is 11.5 Å². The van der Waals surface area contributed by atoms with Crippen molar-refractivity contribution in [3.63, 3.8) is 0 Å². The Morgan fingerprint density at radius 3 is 2.37 bits per heavy atom. The topological polar surface area (TPSA) is 69.6 Å². The Kier molecular flexibility index (Phi) is 5.12. The standard InChI is InChI=1S/C20H19FN2O4/c1-4-23-11-16(19(24)22-13-7-5-6-12(21)8-13)14-9-17(26-2)18(27-3)10-15(14)20(23)25/h5-11H,4H2,1-3H3,(H,22,24). The van der Waals surface area contributed by atoms with Crippen molar-refractivity contribution in [1.82, 2.24) is 4.57 Å². The van der Waals surface area contributed by atoms with Crippen LogP contribution in [0.15, 0.2) is 47.4 Å². The summed E-state index contributed by atoms with van der Waals surface area (Å²) in [6.07, 6.45) is 1.49. The van der Waals surface area contributed by atoms with Gasteiger partial charge in [-0.2, -0.15) is 0 Å². The highest BCUT2D eigenvalue weighted by atomic mass is 19.1. The van der Waals surface area contributed by atoms with Crippen LogP contribution in [-0.4, -0.2) is 24.7 Å². The van der Waals surface area contributed by atoms with E-state index in [1.165, 1.54) is 43.2 Å². The highest BCUT2D eigenvalue weighted by Crippen LogP contribution is 2.32. The number of fused-ring (bicyclic) bond motifs is 1. The average molecular weight is 370 g/mol. The second kappa shape index (κ2) is 7.49. The maximum atomic E-state index is 13.4. The number of ether oxygens (including phenoxy) is 2. The number of aryl methyl sites for hydroxylation is 1. The Labute approximate surface area is 155 Å². The Bertz CT molecular complexity index is 1080. The third-order valence-electron chi connectivity index (χ3n) is 4.26. The lowest BCUT2D eigenvalue weighted by molar-refractivity contribution is 0.102. The Balaban J connectivity index is 2.19. The molecule has 3 rings (SSSR count). The van der Waals surface area contributed by atoms with Crippen LogP contribution in [-0.2, 0) is 6.54 Å². The number of carbonyl (C=O) groups excluding carboxylic acids is 1. The van der Waals surface area contributed by atoms with E-state index >= 15 is 0 Å². The first kappa shape index (κ1) is 18.4. The van der Waals surface area contributed by atoms with Gasteiger partial charge in [0.15, 0.2) is 11.5 Å². The number of carbonyl (C=O) groups is 1. The number of amides is 1. The fourth-order valence-electron chi connectivity index (χ4n) is 2.90. The zero-order valence-corrected chi connectivity index (χ0v) is 15.2. The van der Waals surface area contributed by atoms with Gasteiger partial charge in [0.25, 0.3) is 11.5 Å². The minimum Gasteiger partial charge on any atom is -0.493 e. The Morgan fingerprint density at radius 2 is 1.78 bits per heavy atom. The SMILES string of the molecule is CCn1cc(C(=O)Nc2cccc(F)c2)c2cc(OC)c(OC)cc2c1=O. The van der Waals surface area contributed by atoms with Gasteiger partial charge in [-0.05, 0) is 37.3 Å². The molecule has 0 saturated carbocycles. The van der Waals surface area contributed by atoms with Crippen molar-refractivity contribution in [2.75, 3.05) is 19.5 Å². The third kappa shape index (κ3) is 3.48. The monoisotopic (exact) mass is 370 g/mol. The van der Waals surface area contributed by atoms with Gasteiger partial charge in [-0.15, -0.1) is 0 Å². The molecule has 27 heavy (non-hydrogen) atoms. The molecule has 0 aliphatic carbocycles. The van der Waals surface area contributed by atoms with Crippen LogP contribution < -0.4 is 20.3 Å². The number of hydrogen-bond donors (Lipinski definition) is 1. The fraction of sp³-hybridized carbons (Fsp3) is 0.200. The van der Waals surface area contributed by atoms with Crippen LogP contribution in [0.25, 0.3) is 10.8 Å². The van der Waals surface area contributed by atoms with Gasteiger partial charge in [0.05, 0.1) is 25.2 Å². The second-order valence-corrected chi connectivity index (χ2v) is 5.85. The molecule has 0 unspecified atom stereocenters. The molecule has 3 aromatic rings. The van der Waals surface area contributed by atoms with Crippen molar-refractivity contribution in [2.24, 2.45) is 0 Å². The van der Waals surface area contributed by atoms with Crippen molar-refractivity contribution < 1.29 is 18.7 Å². The van der Waals surface area contributed by atoms with Gasteiger partial charge in [0.2, 0.25) is 0 Å². The van der Waals surface area contributed by atoms with Gasteiger partial charge in [-0.1, -0.05) is 6.07 Å². The molecule has 0 radical (unpaired) electrons. The van der Waals surface area contributed by atoms with E-state index in [9.17, 15) is 14.0 Å². The molecular weight excluding hydrogens is 351 g/mol. The van der Waals surface area contributed by atoms with Gasteiger partial charge in [-0.25, -0.2) is 4.39 Å². The molecule has 0 aliphatic rings. The van der Waals surface area contributed by atoms with Crippen LogP contribution in [0.5, 0.6) is 11.5 Å². The summed E-state index contributed by atoms with van der Waals surface area (Å²) < 4.78 is 25.4. The van der Waals surface area contributed by atoms with Crippen molar-refractivity contribution in [3.05, 3.63) is 64.3 Å². The number of anilines is 1. The molecule has 1 amide bonds. The molecule has 1 aromatic heterocycles. The largest absolute Gasteiger partial charge is 0.493 e. The Hall–Kier alpha value is -3.35. The first-order valence-corrected chi connectivity index (χ1v) is 8.34. The number of benzene rings is 2. The van der Waals surface area contributed by atoms with E-state index in [4.69, 9.17) is 9.47 Å². The van der Waals surface area contributed by atoms with Crippen LogP contribution in [0.1, 0.15) is 17.3 Å². The van der Waals surface area contributed by atoms with Gasteiger partial charge in [-0.3, -0.25) is 9.59 Å². The molecule has 140 valence electrons. The lowest BCUT2D eigenvalue weighted by Gasteiger charge is -2.14. The van der Waals surface area contributed by atoms with E-state index in [1.54, 1.807) is 18.2 Å². The molecule has 1 N–H and O–H groups in total. The number of hydrogen-bond acceptors (Lipinski definition) is 4. The zero-order valence-electron chi connectivity index (χ0n) is 15.2. The fourth-order valence-corrected chi connectivity index (χ4v) is 2.90. The van der Waals surface area contributed by atoms with E-state index in [-0.39, 0.29) is 11.1 Å². The minimum atomic E-state index is -0.458. The highest BCUT2D eigenvalue weighted by molar-refractivity contribution is 6.13. The number of halogens is 1. The van der Waals surface area contributed by atoms with Crippen LogP contribution in [0, 0.1) is 5.82 Å². The molecule has 7 heteroatoms. The van der Waals surface area contributed by atoms with E-state index < -0.39 is 11.7 Å². The maximum absolute atomic E-state index is 13.4. The summed E-state index contributed by atoms with van der Waals surface area (Å²) in [6.45, 7) is 2.20. The van der Waals surface area contributed by atoms with E-state index in [0.717, 1.165) is 0 Å². The van der Waals surface area contributed by atoms with Crippen LogP contribution >= 0.6 is 0 Å². The van der Waals surface area contributed by atoms with Gasteiger partial charge >= 0.3 is 0 Å². The molecule has 0 atom stereocenters. The number of rotatable bonds is 5.